The Kier molecular flexibility index (Phi) is 6.08. The second-order valence-corrected chi connectivity index (χ2v) is 6.28. The third kappa shape index (κ3) is 5.06. The molecular formula is C15H25NO6. The highest BCUT2D eigenvalue weighted by molar-refractivity contribution is 6.01. The third-order valence-electron chi connectivity index (χ3n) is 3.79. The number of carbonyl (C=O) groups excluding carboxylic acids is 3. The van der Waals surface area contributed by atoms with Gasteiger partial charge in [0.05, 0.1) is 24.2 Å². The molecule has 126 valence electrons. The fourth-order valence-corrected chi connectivity index (χ4v) is 1.78. The van der Waals surface area contributed by atoms with Crippen LogP contribution in [0.3, 0.4) is 0 Å². The van der Waals surface area contributed by atoms with Crippen molar-refractivity contribution in [2.24, 2.45) is 0 Å². The van der Waals surface area contributed by atoms with E-state index in [0.29, 0.717) is 18.1 Å². The highest BCUT2D eigenvalue weighted by atomic mass is 16.7. The number of hydrogen-bond acceptors (Lipinski definition) is 6. The predicted molar refractivity (Wildman–Crippen MR) is 77.5 cm³/mol. The van der Waals surface area contributed by atoms with Crippen molar-refractivity contribution in [1.82, 2.24) is 5.06 Å². The number of hydrogen-bond donors (Lipinski definition) is 0. The average Bonchev–Trinajstić information content (AvgIpc) is 2.77. The van der Waals surface area contributed by atoms with E-state index in [1.807, 2.05) is 20.8 Å². The summed E-state index contributed by atoms with van der Waals surface area (Å²) in [5.41, 5.74) is -1.22. The summed E-state index contributed by atoms with van der Waals surface area (Å²) in [7, 11) is 1.59. The Hall–Kier alpha value is -1.47. The van der Waals surface area contributed by atoms with E-state index < -0.39 is 29.0 Å². The van der Waals surface area contributed by atoms with Crippen LogP contribution in [-0.4, -0.2) is 47.8 Å². The van der Waals surface area contributed by atoms with Crippen LogP contribution in [0.4, 0.5) is 0 Å². The first kappa shape index (κ1) is 18.6. The molecule has 0 N–H and O–H groups in total. The number of amides is 2. The van der Waals surface area contributed by atoms with E-state index in [4.69, 9.17) is 14.3 Å². The van der Waals surface area contributed by atoms with E-state index in [0.717, 1.165) is 0 Å². The summed E-state index contributed by atoms with van der Waals surface area (Å²) >= 11 is 0. The van der Waals surface area contributed by atoms with Crippen LogP contribution in [0.1, 0.15) is 53.4 Å². The van der Waals surface area contributed by atoms with Crippen molar-refractivity contribution in [2.75, 3.05) is 13.7 Å². The number of methoxy groups -OCH3 is 1. The van der Waals surface area contributed by atoms with Gasteiger partial charge in [-0.15, -0.1) is 5.06 Å². The molecule has 0 aromatic carbocycles. The van der Waals surface area contributed by atoms with Crippen molar-refractivity contribution in [1.29, 1.82) is 0 Å². The molecule has 0 aromatic rings. The second kappa shape index (κ2) is 7.19. The fourth-order valence-electron chi connectivity index (χ4n) is 1.78. The molecule has 0 radical (unpaired) electrons. The lowest BCUT2D eigenvalue weighted by atomic mass is 9.98. The maximum atomic E-state index is 12.0. The van der Waals surface area contributed by atoms with E-state index >= 15 is 0 Å². The number of imide groups is 1. The van der Waals surface area contributed by atoms with Crippen molar-refractivity contribution in [3.05, 3.63) is 0 Å². The monoisotopic (exact) mass is 315 g/mol. The summed E-state index contributed by atoms with van der Waals surface area (Å²) in [6, 6.07) is 0. The number of nitrogens with zero attached hydrogens (tertiary/aromatic N) is 1. The molecule has 2 amide bonds. The van der Waals surface area contributed by atoms with E-state index in [1.54, 1.807) is 14.0 Å². The smallest absolute Gasteiger partial charge is 0.336 e. The molecule has 7 heteroatoms. The Bertz CT molecular complexity index is 431. The number of ether oxygens (including phenoxy) is 2. The van der Waals surface area contributed by atoms with E-state index in [2.05, 4.69) is 0 Å². The minimum absolute atomic E-state index is 0.0552. The van der Waals surface area contributed by atoms with Gasteiger partial charge in [0.2, 0.25) is 0 Å². The van der Waals surface area contributed by atoms with Crippen LogP contribution in [-0.2, 0) is 28.7 Å². The lowest BCUT2D eigenvalue weighted by Crippen LogP contribution is -2.40. The standard InChI is InChI=1S/C15H25NO6/c1-6-15(4,21-10-14(2,3)20-5)9-13(19)22-16-11(17)7-8-12(16)18/h6-10H2,1-5H3. The van der Waals surface area contributed by atoms with Crippen LogP contribution in [0, 0.1) is 0 Å². The fraction of sp³-hybridized carbons (Fsp3) is 0.800. The summed E-state index contributed by atoms with van der Waals surface area (Å²) in [5, 5.41) is 0.553. The highest BCUT2D eigenvalue weighted by Crippen LogP contribution is 2.24. The molecule has 0 aliphatic carbocycles. The second-order valence-electron chi connectivity index (χ2n) is 6.28. The van der Waals surface area contributed by atoms with Gasteiger partial charge >= 0.3 is 5.97 Å². The molecule has 7 nitrogen and oxygen atoms in total. The number of carbonyl (C=O) groups is 3. The lowest BCUT2D eigenvalue weighted by molar-refractivity contribution is -0.202. The molecular weight excluding hydrogens is 290 g/mol. The zero-order chi connectivity index (χ0) is 17.0. The van der Waals surface area contributed by atoms with Gasteiger partial charge < -0.3 is 14.3 Å². The van der Waals surface area contributed by atoms with E-state index in [1.165, 1.54) is 0 Å². The zero-order valence-corrected chi connectivity index (χ0v) is 13.9. The van der Waals surface area contributed by atoms with Gasteiger partial charge in [-0.1, -0.05) is 6.92 Å². The summed E-state index contributed by atoms with van der Waals surface area (Å²) in [6.07, 6.45) is 0.676. The Morgan fingerprint density at radius 1 is 1.18 bits per heavy atom. The summed E-state index contributed by atoms with van der Waals surface area (Å²) in [6.45, 7) is 7.74. The SMILES string of the molecule is CCC(C)(CC(=O)ON1C(=O)CCC1=O)OCC(C)(C)OC. The molecule has 22 heavy (non-hydrogen) atoms. The quantitative estimate of drug-likeness (QED) is 0.633. The lowest BCUT2D eigenvalue weighted by Gasteiger charge is -2.32. The van der Waals surface area contributed by atoms with Crippen LogP contribution < -0.4 is 0 Å². The van der Waals surface area contributed by atoms with Crippen molar-refractivity contribution in [3.8, 4) is 0 Å². The van der Waals surface area contributed by atoms with Gasteiger partial charge in [0.1, 0.15) is 0 Å². The van der Waals surface area contributed by atoms with Gasteiger partial charge in [0.25, 0.3) is 11.8 Å². The van der Waals surface area contributed by atoms with Crippen molar-refractivity contribution in [3.63, 3.8) is 0 Å². The van der Waals surface area contributed by atoms with E-state index in [9.17, 15) is 14.4 Å². The Morgan fingerprint density at radius 3 is 2.18 bits per heavy atom. The first-order valence-corrected chi connectivity index (χ1v) is 7.38. The molecule has 1 unspecified atom stereocenters. The van der Waals surface area contributed by atoms with Crippen molar-refractivity contribution >= 4 is 17.8 Å². The maximum Gasteiger partial charge on any atom is 0.336 e. The van der Waals surface area contributed by atoms with Crippen molar-refractivity contribution in [2.45, 2.75) is 64.6 Å². The first-order chi connectivity index (χ1) is 10.1. The van der Waals surface area contributed by atoms with Gasteiger partial charge in [-0.2, -0.15) is 0 Å². The van der Waals surface area contributed by atoms with Gasteiger partial charge in [-0.3, -0.25) is 9.59 Å². The molecule has 1 aliphatic rings. The van der Waals surface area contributed by atoms with E-state index in [-0.39, 0.29) is 19.3 Å². The Morgan fingerprint density at radius 2 is 1.73 bits per heavy atom. The Labute approximate surface area is 130 Å². The Balaban J connectivity index is 2.58. The van der Waals surface area contributed by atoms with Gasteiger partial charge in [-0.05, 0) is 27.2 Å². The van der Waals surface area contributed by atoms with Gasteiger partial charge in [0, 0.05) is 20.0 Å². The van der Waals surface area contributed by atoms with Crippen LogP contribution in [0.2, 0.25) is 0 Å². The molecule has 1 saturated heterocycles. The molecule has 0 spiro atoms. The number of rotatable bonds is 8. The molecule has 1 heterocycles. The molecule has 1 fully saturated rings. The minimum Gasteiger partial charge on any atom is -0.376 e. The first-order valence-electron chi connectivity index (χ1n) is 7.38. The maximum absolute atomic E-state index is 12.0. The molecule has 0 saturated carbocycles. The molecule has 0 aromatic heterocycles. The third-order valence-corrected chi connectivity index (χ3v) is 3.79. The molecule has 1 atom stereocenters. The normalized spacial score (nSPS) is 18.5. The van der Waals surface area contributed by atoms with Crippen LogP contribution in [0.25, 0.3) is 0 Å². The molecule has 0 bridgehead atoms. The number of hydroxylamine groups is 2. The van der Waals surface area contributed by atoms with Crippen LogP contribution in [0.5, 0.6) is 0 Å². The minimum atomic E-state index is -0.751. The largest absolute Gasteiger partial charge is 0.376 e. The summed E-state index contributed by atoms with van der Waals surface area (Å²) < 4.78 is 11.1. The van der Waals surface area contributed by atoms with Crippen molar-refractivity contribution < 1.29 is 28.7 Å². The van der Waals surface area contributed by atoms with Gasteiger partial charge in [0.15, 0.2) is 0 Å². The highest BCUT2D eigenvalue weighted by Gasteiger charge is 2.36. The topological polar surface area (TPSA) is 82.1 Å². The average molecular weight is 315 g/mol. The predicted octanol–water partition coefficient (Wildman–Crippen LogP) is 1.59. The summed E-state index contributed by atoms with van der Waals surface area (Å²) in [4.78, 5) is 39.7. The summed E-state index contributed by atoms with van der Waals surface area (Å²) in [5.74, 6) is -1.64. The van der Waals surface area contributed by atoms with Gasteiger partial charge in [-0.25, -0.2) is 4.79 Å². The van der Waals surface area contributed by atoms with Crippen LogP contribution >= 0.6 is 0 Å². The van der Waals surface area contributed by atoms with Crippen LogP contribution in [0.15, 0.2) is 0 Å². The molecule has 1 aliphatic heterocycles. The molecule has 1 rings (SSSR count). The zero-order valence-electron chi connectivity index (χ0n) is 13.9.